The third kappa shape index (κ3) is 4.91. The summed E-state index contributed by atoms with van der Waals surface area (Å²) in [5.41, 5.74) is 5.30. The number of hydrogen-bond acceptors (Lipinski definition) is 5. The fourth-order valence-electron chi connectivity index (χ4n) is 4.43. The number of amides is 3. The highest BCUT2D eigenvalue weighted by Gasteiger charge is 2.41. The molecule has 1 aromatic rings. The molecule has 2 saturated carbocycles. The molecule has 3 fully saturated rings. The first kappa shape index (κ1) is 22.6. The van der Waals surface area contributed by atoms with Gasteiger partial charge in [0.25, 0.3) is 18.2 Å². The van der Waals surface area contributed by atoms with Crippen LogP contribution in [-0.2, 0) is 19.1 Å². The fraction of sp³-hybridized carbons (Fsp3) is 0.591. The maximum atomic E-state index is 13.7. The zero-order chi connectivity index (χ0) is 22.8. The van der Waals surface area contributed by atoms with Crippen molar-refractivity contribution in [3.63, 3.8) is 0 Å². The van der Waals surface area contributed by atoms with Gasteiger partial charge in [-0.15, -0.1) is 0 Å². The lowest BCUT2D eigenvalue weighted by Gasteiger charge is -2.36. The van der Waals surface area contributed by atoms with Crippen molar-refractivity contribution in [3.8, 4) is 0 Å². The van der Waals surface area contributed by atoms with Crippen molar-refractivity contribution in [2.24, 2.45) is 17.6 Å². The van der Waals surface area contributed by atoms with Gasteiger partial charge in [0, 0.05) is 23.8 Å². The summed E-state index contributed by atoms with van der Waals surface area (Å²) in [6, 6.07) is 2.73. The van der Waals surface area contributed by atoms with E-state index >= 15 is 0 Å². The van der Waals surface area contributed by atoms with E-state index < -0.39 is 30.2 Å². The van der Waals surface area contributed by atoms with E-state index in [9.17, 15) is 23.2 Å². The number of ether oxygens (including phenoxy) is 1. The maximum Gasteiger partial charge on any atom is 0.265 e. The smallest absolute Gasteiger partial charge is 0.265 e. The largest absolute Gasteiger partial charge is 0.370 e. The number of morpholine rings is 1. The molecule has 1 aromatic carbocycles. The molecule has 1 saturated heterocycles. The minimum absolute atomic E-state index is 0.0540. The van der Waals surface area contributed by atoms with Gasteiger partial charge < -0.3 is 20.7 Å². The first-order chi connectivity index (χ1) is 15.3. The van der Waals surface area contributed by atoms with Gasteiger partial charge in [0.05, 0.1) is 12.3 Å². The van der Waals surface area contributed by atoms with E-state index in [4.69, 9.17) is 10.5 Å². The second kappa shape index (κ2) is 9.50. The lowest BCUT2D eigenvalue weighted by Crippen LogP contribution is -2.56. The van der Waals surface area contributed by atoms with Crippen molar-refractivity contribution in [1.29, 1.82) is 0 Å². The normalized spacial score (nSPS) is 21.2. The summed E-state index contributed by atoms with van der Waals surface area (Å²) in [6.45, 7) is 0.250. The zero-order valence-corrected chi connectivity index (χ0v) is 17.7. The second-order valence-electron chi connectivity index (χ2n) is 8.72. The predicted octanol–water partition coefficient (Wildman–Crippen LogP) is 1.95. The number of nitrogens with two attached hydrogens (primary N) is 1. The first-order valence-corrected chi connectivity index (χ1v) is 11.0. The Hall–Kier alpha value is -2.59. The number of hydrogen-bond donors (Lipinski definition) is 3. The van der Waals surface area contributed by atoms with Crippen molar-refractivity contribution in [3.05, 3.63) is 23.8 Å². The predicted molar refractivity (Wildman–Crippen MR) is 113 cm³/mol. The van der Waals surface area contributed by atoms with Gasteiger partial charge in [-0.05, 0) is 55.7 Å². The van der Waals surface area contributed by atoms with Gasteiger partial charge in [0.15, 0.2) is 6.04 Å². The molecule has 174 valence electrons. The molecule has 2 atom stereocenters. The van der Waals surface area contributed by atoms with Crippen molar-refractivity contribution < 1.29 is 27.9 Å². The Morgan fingerprint density at radius 1 is 1.16 bits per heavy atom. The van der Waals surface area contributed by atoms with Crippen LogP contribution >= 0.6 is 0 Å². The molecule has 3 aliphatic rings. The topological polar surface area (TPSA) is 114 Å². The lowest BCUT2D eigenvalue weighted by atomic mass is 9.77. The zero-order valence-electron chi connectivity index (χ0n) is 17.7. The average Bonchev–Trinajstić information content (AvgIpc) is 3.55. The van der Waals surface area contributed by atoms with E-state index in [1.807, 2.05) is 0 Å². The summed E-state index contributed by atoms with van der Waals surface area (Å²) in [4.78, 5) is 38.2. The van der Waals surface area contributed by atoms with Crippen LogP contribution in [0.2, 0.25) is 0 Å². The number of anilines is 2. The Kier molecular flexibility index (Phi) is 6.71. The number of alkyl halides is 2. The average molecular weight is 450 g/mol. The third-order valence-electron chi connectivity index (χ3n) is 6.50. The second-order valence-corrected chi connectivity index (χ2v) is 8.72. The van der Waals surface area contributed by atoms with Crippen LogP contribution in [0, 0.1) is 11.8 Å². The van der Waals surface area contributed by atoms with Crippen molar-refractivity contribution in [1.82, 2.24) is 5.32 Å². The number of nitrogens with zero attached hydrogens (tertiary/aromatic N) is 1. The van der Waals surface area contributed by atoms with E-state index in [-0.39, 0.29) is 42.7 Å². The molecule has 1 unspecified atom stereocenters. The van der Waals surface area contributed by atoms with Crippen LogP contribution in [0.15, 0.2) is 18.2 Å². The summed E-state index contributed by atoms with van der Waals surface area (Å²) >= 11 is 0. The van der Waals surface area contributed by atoms with Crippen LogP contribution in [0.5, 0.6) is 0 Å². The molecule has 3 amide bonds. The quantitative estimate of drug-likeness (QED) is 0.498. The Bertz CT molecular complexity index is 889. The molecule has 32 heavy (non-hydrogen) atoms. The summed E-state index contributed by atoms with van der Waals surface area (Å²) in [7, 11) is 0. The Morgan fingerprint density at radius 3 is 2.44 bits per heavy atom. The van der Waals surface area contributed by atoms with E-state index in [0.29, 0.717) is 11.8 Å². The van der Waals surface area contributed by atoms with Crippen molar-refractivity contribution in [2.45, 2.75) is 50.6 Å². The Labute approximate surface area is 184 Å². The Morgan fingerprint density at radius 2 is 1.88 bits per heavy atom. The maximum absolute atomic E-state index is 13.7. The number of halogens is 2. The van der Waals surface area contributed by atoms with E-state index in [1.165, 1.54) is 17.0 Å². The van der Waals surface area contributed by atoms with E-state index in [0.717, 1.165) is 38.2 Å². The highest BCUT2D eigenvalue weighted by molar-refractivity contribution is 6.09. The number of carbonyl (C=O) groups excluding carboxylic acids is 3. The van der Waals surface area contributed by atoms with Crippen LogP contribution in [0.4, 0.5) is 20.2 Å². The molecule has 1 aliphatic heterocycles. The van der Waals surface area contributed by atoms with E-state index in [1.54, 1.807) is 0 Å². The molecule has 1 heterocycles. The highest BCUT2D eigenvalue weighted by Crippen LogP contribution is 2.42. The van der Waals surface area contributed by atoms with Crippen LogP contribution in [-0.4, -0.2) is 49.6 Å². The van der Waals surface area contributed by atoms with Gasteiger partial charge in [0.2, 0.25) is 5.91 Å². The SMILES string of the molecule is NC(=O)[C@@H](NC(C1CCC1)C1CC1)C(=O)Nc1ccc(N2CCOCC2=O)c(C(F)F)c1. The summed E-state index contributed by atoms with van der Waals surface area (Å²) in [5, 5.41) is 5.68. The van der Waals surface area contributed by atoms with Crippen LogP contribution in [0.25, 0.3) is 0 Å². The molecule has 2 aliphatic carbocycles. The number of carbonyl (C=O) groups is 3. The number of primary amides is 1. The van der Waals surface area contributed by atoms with Crippen molar-refractivity contribution in [2.75, 3.05) is 30.0 Å². The minimum atomic E-state index is -2.86. The fourth-order valence-corrected chi connectivity index (χ4v) is 4.43. The van der Waals surface area contributed by atoms with Gasteiger partial charge >= 0.3 is 0 Å². The molecule has 10 heteroatoms. The summed E-state index contributed by atoms with van der Waals surface area (Å²) in [6.07, 6.45) is 2.50. The van der Waals surface area contributed by atoms with Gasteiger partial charge in [-0.3, -0.25) is 19.7 Å². The molecule has 0 spiro atoms. The Balaban J connectivity index is 1.50. The molecule has 0 aromatic heterocycles. The van der Waals surface area contributed by atoms with Crippen LogP contribution in [0.1, 0.15) is 44.1 Å². The van der Waals surface area contributed by atoms with Gasteiger partial charge in [0.1, 0.15) is 6.61 Å². The lowest BCUT2D eigenvalue weighted by molar-refractivity contribution is -0.128. The minimum Gasteiger partial charge on any atom is -0.370 e. The van der Waals surface area contributed by atoms with Crippen LogP contribution in [0.3, 0.4) is 0 Å². The molecular formula is C22H28F2N4O4. The molecule has 0 bridgehead atoms. The third-order valence-corrected chi connectivity index (χ3v) is 6.50. The summed E-state index contributed by atoms with van der Waals surface area (Å²) < 4.78 is 32.5. The highest BCUT2D eigenvalue weighted by atomic mass is 19.3. The molecule has 4 rings (SSSR count). The first-order valence-electron chi connectivity index (χ1n) is 11.0. The molecule has 8 nitrogen and oxygen atoms in total. The van der Waals surface area contributed by atoms with Crippen LogP contribution < -0.4 is 21.3 Å². The van der Waals surface area contributed by atoms with Gasteiger partial charge in [-0.1, -0.05) is 6.42 Å². The molecular weight excluding hydrogens is 422 g/mol. The number of benzene rings is 1. The number of nitrogens with one attached hydrogen (secondary N) is 2. The monoisotopic (exact) mass is 450 g/mol. The van der Waals surface area contributed by atoms with Gasteiger partial charge in [-0.2, -0.15) is 0 Å². The van der Waals surface area contributed by atoms with E-state index in [2.05, 4.69) is 10.6 Å². The molecule has 4 N–H and O–H groups in total. The molecule has 0 radical (unpaired) electrons. The summed E-state index contributed by atoms with van der Waals surface area (Å²) in [5.74, 6) is -1.04. The standard InChI is InChI=1S/C22H28F2N4O4/c23-20(24)15-10-14(6-7-16(15)28-8-9-32-11-17(28)29)26-22(31)19(21(25)30)27-18(13-4-5-13)12-2-1-3-12/h6-7,10,12-13,18-20,27H,1-5,8-9,11H2,(H2,25,30)(H,26,31)/t18?,19-/m1/s1. The van der Waals surface area contributed by atoms with Crippen molar-refractivity contribution >= 4 is 29.1 Å². The number of rotatable bonds is 9. The van der Waals surface area contributed by atoms with Gasteiger partial charge in [-0.25, -0.2) is 8.78 Å².